The number of halogens is 4. The fraction of sp³-hybridized carbons (Fsp3) is 0.458. The number of pyridine rings is 1. The minimum atomic E-state index is -4.43. The molecule has 2 aliphatic heterocycles. The van der Waals surface area contributed by atoms with Gasteiger partial charge in [-0.1, -0.05) is 0 Å². The second-order valence-electron chi connectivity index (χ2n) is 9.33. The lowest BCUT2D eigenvalue weighted by Gasteiger charge is -2.37. The number of aromatic nitrogens is 1. The number of rotatable bonds is 6. The predicted molar refractivity (Wildman–Crippen MR) is 142 cm³/mol. The maximum Gasteiger partial charge on any atom is 0.417 e. The highest BCUT2D eigenvalue weighted by Crippen LogP contribution is 2.33. The third-order valence-electron chi connectivity index (χ3n) is 6.73. The molecule has 2 saturated heterocycles. The van der Waals surface area contributed by atoms with Crippen molar-refractivity contribution in [1.82, 2.24) is 15.3 Å². The highest BCUT2D eigenvalue weighted by molar-refractivity contribution is 7.80. The Bertz CT molecular complexity index is 1130. The van der Waals surface area contributed by atoms with Crippen LogP contribution in [0, 0.1) is 5.82 Å². The summed E-state index contributed by atoms with van der Waals surface area (Å²) in [5.74, 6) is 0.0856. The average Bonchev–Trinajstić information content (AvgIpc) is 3.34. The molecule has 1 aromatic heterocycles. The van der Waals surface area contributed by atoms with Crippen LogP contribution in [0.5, 0.6) is 0 Å². The van der Waals surface area contributed by atoms with E-state index in [0.717, 1.165) is 37.5 Å². The number of likely N-dealkylation sites (N-methyl/N-ethyl adjacent to an activating group) is 1. The van der Waals surface area contributed by atoms with Crippen molar-refractivity contribution in [3.05, 3.63) is 47.4 Å². The van der Waals surface area contributed by atoms with Gasteiger partial charge in [-0.25, -0.2) is 9.37 Å². The van der Waals surface area contributed by atoms with Crippen LogP contribution in [-0.4, -0.2) is 80.6 Å². The number of anilines is 3. The molecule has 2 fully saturated rings. The Hall–Kier alpha value is -3.19. The normalized spacial score (nSPS) is 18.8. The maximum atomic E-state index is 15.3. The largest absolute Gasteiger partial charge is 0.417 e. The highest BCUT2D eigenvalue weighted by atomic mass is 32.1. The van der Waals surface area contributed by atoms with Crippen molar-refractivity contribution in [2.45, 2.75) is 18.6 Å². The Balaban J connectivity index is 1.53. The molecule has 0 amide bonds. The van der Waals surface area contributed by atoms with Crippen LogP contribution < -0.4 is 25.9 Å². The first-order valence-electron chi connectivity index (χ1n) is 11.9. The van der Waals surface area contributed by atoms with Crippen LogP contribution in [0.2, 0.25) is 0 Å². The smallest absolute Gasteiger partial charge is 0.375 e. The van der Waals surface area contributed by atoms with Crippen LogP contribution in [0.25, 0.3) is 0 Å². The van der Waals surface area contributed by atoms with Gasteiger partial charge in [0.15, 0.2) is 5.11 Å². The number of nitrogens with zero attached hydrogens (tertiary/aromatic N) is 6. The molecular formula is C24H30F4N8S. The van der Waals surface area contributed by atoms with Crippen molar-refractivity contribution in [3.63, 3.8) is 0 Å². The van der Waals surface area contributed by atoms with Gasteiger partial charge in [0, 0.05) is 62.8 Å². The van der Waals surface area contributed by atoms with E-state index < -0.39 is 11.7 Å². The van der Waals surface area contributed by atoms with E-state index in [1.54, 1.807) is 0 Å². The Kier molecular flexibility index (Phi) is 8.02. The first-order valence-corrected chi connectivity index (χ1v) is 12.3. The molecule has 0 bridgehead atoms. The second kappa shape index (κ2) is 11.1. The van der Waals surface area contributed by atoms with E-state index in [2.05, 4.69) is 25.3 Å². The molecule has 0 aliphatic carbocycles. The van der Waals surface area contributed by atoms with Crippen molar-refractivity contribution in [3.8, 4) is 0 Å². The van der Waals surface area contributed by atoms with Crippen LogP contribution in [0.3, 0.4) is 0 Å². The van der Waals surface area contributed by atoms with E-state index in [-0.39, 0.29) is 10.9 Å². The molecule has 0 saturated carbocycles. The van der Waals surface area contributed by atoms with E-state index >= 15 is 4.39 Å². The van der Waals surface area contributed by atoms with Gasteiger partial charge in [-0.05, 0) is 57.0 Å². The van der Waals surface area contributed by atoms with Gasteiger partial charge in [-0.2, -0.15) is 18.3 Å². The van der Waals surface area contributed by atoms with E-state index in [0.29, 0.717) is 49.3 Å². The summed E-state index contributed by atoms with van der Waals surface area (Å²) in [6, 6.07) is 6.10. The SMILES string of the molecule is CN(C)C1CCN(c2cc(N3CCN(c4ccc(C(F)(F)F)cn4)CC3)c(F)cc2C=NNC(N)=S)C1. The van der Waals surface area contributed by atoms with E-state index in [4.69, 9.17) is 18.0 Å². The molecule has 200 valence electrons. The van der Waals surface area contributed by atoms with Crippen LogP contribution >= 0.6 is 12.2 Å². The molecule has 3 heterocycles. The molecule has 2 aromatic rings. The van der Waals surface area contributed by atoms with E-state index in [1.807, 2.05) is 30.0 Å². The van der Waals surface area contributed by atoms with Crippen molar-refractivity contribution < 1.29 is 17.6 Å². The zero-order valence-corrected chi connectivity index (χ0v) is 21.5. The van der Waals surface area contributed by atoms with Gasteiger partial charge in [0.05, 0.1) is 17.5 Å². The summed E-state index contributed by atoms with van der Waals surface area (Å²) >= 11 is 4.79. The molecule has 2 aliphatic rings. The molecule has 0 radical (unpaired) electrons. The Labute approximate surface area is 218 Å². The van der Waals surface area contributed by atoms with Crippen molar-refractivity contribution >= 4 is 40.7 Å². The van der Waals surface area contributed by atoms with Gasteiger partial charge >= 0.3 is 6.18 Å². The predicted octanol–water partition coefficient (Wildman–Crippen LogP) is 2.87. The lowest BCUT2D eigenvalue weighted by Crippen LogP contribution is -2.47. The van der Waals surface area contributed by atoms with Crippen LogP contribution in [0.15, 0.2) is 35.6 Å². The number of nitrogens with one attached hydrogen (secondary N) is 1. The van der Waals surface area contributed by atoms with Gasteiger partial charge < -0.3 is 25.3 Å². The number of nitrogens with two attached hydrogens (primary N) is 1. The zero-order chi connectivity index (χ0) is 26.7. The van der Waals surface area contributed by atoms with Crippen LogP contribution in [-0.2, 0) is 6.18 Å². The molecule has 0 spiro atoms. The minimum Gasteiger partial charge on any atom is -0.375 e. The van der Waals surface area contributed by atoms with Crippen molar-refractivity contribution in [2.24, 2.45) is 10.8 Å². The number of hydrogen-bond donors (Lipinski definition) is 2. The maximum absolute atomic E-state index is 15.3. The lowest BCUT2D eigenvalue weighted by atomic mass is 10.1. The van der Waals surface area contributed by atoms with E-state index in [1.165, 1.54) is 18.3 Å². The van der Waals surface area contributed by atoms with E-state index in [9.17, 15) is 13.2 Å². The fourth-order valence-electron chi connectivity index (χ4n) is 4.65. The number of alkyl halides is 3. The summed E-state index contributed by atoms with van der Waals surface area (Å²) in [4.78, 5) is 12.2. The van der Waals surface area contributed by atoms with Crippen molar-refractivity contribution in [1.29, 1.82) is 0 Å². The monoisotopic (exact) mass is 538 g/mol. The first-order chi connectivity index (χ1) is 17.5. The molecule has 13 heteroatoms. The molecule has 37 heavy (non-hydrogen) atoms. The second-order valence-corrected chi connectivity index (χ2v) is 9.77. The Morgan fingerprint density at radius 2 is 1.81 bits per heavy atom. The zero-order valence-electron chi connectivity index (χ0n) is 20.7. The summed E-state index contributed by atoms with van der Waals surface area (Å²) in [5, 5.41) is 4.05. The molecule has 8 nitrogen and oxygen atoms in total. The third kappa shape index (κ3) is 6.39. The van der Waals surface area contributed by atoms with Crippen LogP contribution in [0.4, 0.5) is 34.8 Å². The summed E-state index contributed by atoms with van der Waals surface area (Å²) in [6.07, 6.45) is -1.08. The highest BCUT2D eigenvalue weighted by Gasteiger charge is 2.31. The number of thiocarbonyl (C=S) groups is 1. The number of piperazine rings is 1. The quantitative estimate of drug-likeness (QED) is 0.252. The Morgan fingerprint density at radius 3 is 2.38 bits per heavy atom. The minimum absolute atomic E-state index is 0.0177. The molecule has 4 rings (SSSR count). The lowest BCUT2D eigenvalue weighted by molar-refractivity contribution is -0.137. The van der Waals surface area contributed by atoms with Gasteiger partial charge in [-0.15, -0.1) is 0 Å². The third-order valence-corrected chi connectivity index (χ3v) is 6.82. The summed E-state index contributed by atoms with van der Waals surface area (Å²) in [5.41, 5.74) is 9.13. The molecule has 1 aromatic carbocycles. The average molecular weight is 539 g/mol. The summed E-state index contributed by atoms with van der Waals surface area (Å²) < 4.78 is 53.9. The number of benzene rings is 1. The molecule has 1 unspecified atom stereocenters. The number of hydrazone groups is 1. The van der Waals surface area contributed by atoms with Crippen LogP contribution in [0.1, 0.15) is 17.5 Å². The number of hydrogen-bond acceptors (Lipinski definition) is 7. The fourth-order valence-corrected chi connectivity index (χ4v) is 4.70. The van der Waals surface area contributed by atoms with Gasteiger partial charge in [-0.3, -0.25) is 5.43 Å². The molecule has 1 atom stereocenters. The van der Waals surface area contributed by atoms with Gasteiger partial charge in [0.25, 0.3) is 0 Å². The Morgan fingerprint density at radius 1 is 1.11 bits per heavy atom. The standard InChI is InChI=1S/C24H30F4N8S/c1-33(2)18-5-6-36(15-18)20-12-21(19(25)11-16(20)13-31-32-23(29)37)34-7-9-35(10-8-34)22-4-3-17(14-30-22)24(26,27)28/h3-4,11-14,18H,5-10,15H2,1-2H3,(H3,29,32,37). The first kappa shape index (κ1) is 26.9. The molecule has 3 N–H and O–H groups in total. The summed E-state index contributed by atoms with van der Waals surface area (Å²) in [6.45, 7) is 3.62. The summed E-state index contributed by atoms with van der Waals surface area (Å²) in [7, 11) is 4.09. The van der Waals surface area contributed by atoms with Gasteiger partial charge in [0.2, 0.25) is 0 Å². The van der Waals surface area contributed by atoms with Crippen molar-refractivity contribution in [2.75, 3.05) is 68.1 Å². The van der Waals surface area contributed by atoms with Gasteiger partial charge in [0.1, 0.15) is 11.6 Å². The topological polar surface area (TPSA) is 76.3 Å². The molecular weight excluding hydrogens is 508 g/mol.